The average molecular weight is 261 g/mol. The summed E-state index contributed by atoms with van der Waals surface area (Å²) in [5.74, 6) is 0.135. The number of carbonyl (C=O) groups excluding carboxylic acids is 1. The van der Waals surface area contributed by atoms with Gasteiger partial charge in [-0.05, 0) is 50.4 Å². The highest BCUT2D eigenvalue weighted by Gasteiger charge is 2.40. The molecular formula is C15H23N3O. The molecule has 4 heteroatoms. The van der Waals surface area contributed by atoms with E-state index in [1.807, 2.05) is 19.1 Å². The Kier molecular flexibility index (Phi) is 4.53. The van der Waals surface area contributed by atoms with E-state index in [0.29, 0.717) is 0 Å². The first kappa shape index (κ1) is 14.0. The molecule has 1 amide bonds. The normalized spacial score (nSPS) is 24.1. The second-order valence-electron chi connectivity index (χ2n) is 5.34. The third-order valence-corrected chi connectivity index (χ3v) is 3.91. The molecule has 0 aliphatic carbocycles. The van der Waals surface area contributed by atoms with Crippen molar-refractivity contribution in [2.45, 2.75) is 51.1 Å². The van der Waals surface area contributed by atoms with Gasteiger partial charge in [-0.3, -0.25) is 9.78 Å². The largest absolute Gasteiger partial charge is 0.348 e. The van der Waals surface area contributed by atoms with Gasteiger partial charge in [0.2, 0.25) is 5.91 Å². The Labute approximate surface area is 115 Å². The first-order valence-electron chi connectivity index (χ1n) is 7.14. The van der Waals surface area contributed by atoms with Crippen molar-refractivity contribution in [2.24, 2.45) is 0 Å². The van der Waals surface area contributed by atoms with Crippen molar-refractivity contribution < 1.29 is 4.79 Å². The van der Waals surface area contributed by atoms with Gasteiger partial charge in [0, 0.05) is 12.4 Å². The lowest BCUT2D eigenvalue weighted by atomic mass is 9.90. The zero-order valence-electron chi connectivity index (χ0n) is 11.8. The summed E-state index contributed by atoms with van der Waals surface area (Å²) in [6.07, 6.45) is 7.46. The van der Waals surface area contributed by atoms with Gasteiger partial charge in [0.25, 0.3) is 0 Å². The average Bonchev–Trinajstić information content (AvgIpc) is 2.90. The second kappa shape index (κ2) is 6.15. The molecule has 1 aliphatic heterocycles. The minimum Gasteiger partial charge on any atom is -0.348 e. The number of aromatic nitrogens is 1. The van der Waals surface area contributed by atoms with Gasteiger partial charge in [-0.1, -0.05) is 13.3 Å². The van der Waals surface area contributed by atoms with E-state index in [-0.39, 0.29) is 17.5 Å². The van der Waals surface area contributed by atoms with Crippen molar-refractivity contribution in [3.63, 3.8) is 0 Å². The summed E-state index contributed by atoms with van der Waals surface area (Å²) in [6, 6.07) is 3.91. The number of amides is 1. The standard InChI is InChI=1S/C15H23N3O/c1-3-7-15(8-4-9-17-15)14(19)18-12(2)13-5-10-16-11-6-13/h5-6,10-12,17H,3-4,7-9H2,1-2H3,(H,18,19). The molecule has 1 aromatic rings. The first-order chi connectivity index (χ1) is 9.18. The van der Waals surface area contributed by atoms with Crippen LogP contribution in [0.15, 0.2) is 24.5 Å². The Morgan fingerprint density at radius 2 is 2.26 bits per heavy atom. The Hall–Kier alpha value is -1.42. The molecule has 1 aromatic heterocycles. The molecule has 2 unspecified atom stereocenters. The highest BCUT2D eigenvalue weighted by molar-refractivity contribution is 5.87. The molecule has 4 nitrogen and oxygen atoms in total. The monoisotopic (exact) mass is 261 g/mol. The van der Waals surface area contributed by atoms with Crippen LogP contribution in [0.4, 0.5) is 0 Å². The molecule has 0 radical (unpaired) electrons. The number of hydrogen-bond donors (Lipinski definition) is 2. The molecule has 2 N–H and O–H groups in total. The Balaban J connectivity index is 2.03. The molecule has 2 rings (SSSR count). The van der Waals surface area contributed by atoms with Crippen LogP contribution in [0.2, 0.25) is 0 Å². The number of carbonyl (C=O) groups is 1. The summed E-state index contributed by atoms with van der Waals surface area (Å²) in [7, 11) is 0. The summed E-state index contributed by atoms with van der Waals surface area (Å²) in [6.45, 7) is 5.08. The lowest BCUT2D eigenvalue weighted by Gasteiger charge is -2.29. The zero-order chi connectivity index (χ0) is 13.7. The third-order valence-electron chi connectivity index (χ3n) is 3.91. The molecule has 1 fully saturated rings. The van der Waals surface area contributed by atoms with Gasteiger partial charge in [-0.25, -0.2) is 0 Å². The van der Waals surface area contributed by atoms with E-state index in [0.717, 1.165) is 37.8 Å². The number of hydrogen-bond acceptors (Lipinski definition) is 3. The predicted octanol–water partition coefficient (Wildman–Crippen LogP) is 2.18. The zero-order valence-corrected chi connectivity index (χ0v) is 11.8. The maximum absolute atomic E-state index is 12.6. The van der Waals surface area contributed by atoms with Crippen LogP contribution in [0.3, 0.4) is 0 Å². The highest BCUT2D eigenvalue weighted by Crippen LogP contribution is 2.26. The van der Waals surface area contributed by atoms with Crippen LogP contribution < -0.4 is 10.6 Å². The fourth-order valence-electron chi connectivity index (χ4n) is 2.82. The Morgan fingerprint density at radius 1 is 1.53 bits per heavy atom. The maximum atomic E-state index is 12.6. The quantitative estimate of drug-likeness (QED) is 0.854. The number of pyridine rings is 1. The molecule has 0 aromatic carbocycles. The summed E-state index contributed by atoms with van der Waals surface area (Å²) in [5, 5.41) is 6.54. The fourth-order valence-corrected chi connectivity index (χ4v) is 2.82. The Morgan fingerprint density at radius 3 is 2.84 bits per heavy atom. The molecule has 0 saturated carbocycles. The van der Waals surface area contributed by atoms with E-state index in [2.05, 4.69) is 22.5 Å². The first-order valence-corrected chi connectivity index (χ1v) is 7.14. The predicted molar refractivity (Wildman–Crippen MR) is 75.7 cm³/mol. The molecule has 1 aliphatic rings. The lowest BCUT2D eigenvalue weighted by Crippen LogP contribution is -2.53. The molecule has 104 valence electrons. The topological polar surface area (TPSA) is 54.0 Å². The summed E-state index contributed by atoms with van der Waals surface area (Å²) < 4.78 is 0. The van der Waals surface area contributed by atoms with E-state index in [1.165, 1.54) is 0 Å². The van der Waals surface area contributed by atoms with Crippen LogP contribution in [0.1, 0.15) is 51.1 Å². The molecule has 0 spiro atoms. The summed E-state index contributed by atoms with van der Waals surface area (Å²) in [4.78, 5) is 16.6. The van der Waals surface area contributed by atoms with E-state index in [9.17, 15) is 4.79 Å². The van der Waals surface area contributed by atoms with Crippen molar-refractivity contribution in [1.82, 2.24) is 15.6 Å². The molecule has 2 heterocycles. The van der Waals surface area contributed by atoms with Gasteiger partial charge in [0.15, 0.2) is 0 Å². The maximum Gasteiger partial charge on any atom is 0.240 e. The number of nitrogens with zero attached hydrogens (tertiary/aromatic N) is 1. The minimum atomic E-state index is -0.351. The van der Waals surface area contributed by atoms with Crippen molar-refractivity contribution in [2.75, 3.05) is 6.54 Å². The number of rotatable bonds is 5. The molecule has 2 atom stereocenters. The number of nitrogens with one attached hydrogen (secondary N) is 2. The van der Waals surface area contributed by atoms with Crippen LogP contribution in [0.25, 0.3) is 0 Å². The van der Waals surface area contributed by atoms with Crippen molar-refractivity contribution in [3.8, 4) is 0 Å². The summed E-state index contributed by atoms with van der Waals surface area (Å²) in [5.41, 5.74) is 0.740. The molecule has 19 heavy (non-hydrogen) atoms. The van der Waals surface area contributed by atoms with Crippen LogP contribution in [0.5, 0.6) is 0 Å². The molecule has 0 bridgehead atoms. The fraction of sp³-hybridized carbons (Fsp3) is 0.600. The van der Waals surface area contributed by atoms with Crippen molar-refractivity contribution in [3.05, 3.63) is 30.1 Å². The minimum absolute atomic E-state index is 0.0200. The van der Waals surface area contributed by atoms with Crippen molar-refractivity contribution in [1.29, 1.82) is 0 Å². The van der Waals surface area contributed by atoms with Gasteiger partial charge >= 0.3 is 0 Å². The molecular weight excluding hydrogens is 238 g/mol. The Bertz CT molecular complexity index is 413. The van der Waals surface area contributed by atoms with Crippen LogP contribution in [0, 0.1) is 0 Å². The smallest absolute Gasteiger partial charge is 0.240 e. The molecule has 1 saturated heterocycles. The van der Waals surface area contributed by atoms with Crippen LogP contribution in [-0.4, -0.2) is 23.0 Å². The van der Waals surface area contributed by atoms with E-state index in [1.54, 1.807) is 12.4 Å². The lowest BCUT2D eigenvalue weighted by molar-refractivity contribution is -0.128. The van der Waals surface area contributed by atoms with Gasteiger partial charge in [0.05, 0.1) is 11.6 Å². The summed E-state index contributed by atoms with van der Waals surface area (Å²) >= 11 is 0. The third kappa shape index (κ3) is 3.13. The van der Waals surface area contributed by atoms with Gasteiger partial charge in [0.1, 0.15) is 0 Å². The van der Waals surface area contributed by atoms with Crippen LogP contribution >= 0.6 is 0 Å². The van der Waals surface area contributed by atoms with Crippen molar-refractivity contribution >= 4 is 5.91 Å². The van der Waals surface area contributed by atoms with Gasteiger partial charge in [-0.2, -0.15) is 0 Å². The van der Waals surface area contributed by atoms with Gasteiger partial charge < -0.3 is 10.6 Å². The van der Waals surface area contributed by atoms with E-state index >= 15 is 0 Å². The van der Waals surface area contributed by atoms with E-state index in [4.69, 9.17) is 0 Å². The van der Waals surface area contributed by atoms with Gasteiger partial charge in [-0.15, -0.1) is 0 Å². The van der Waals surface area contributed by atoms with E-state index < -0.39 is 0 Å². The van der Waals surface area contributed by atoms with Crippen LogP contribution in [-0.2, 0) is 4.79 Å². The SMILES string of the molecule is CCCC1(C(=O)NC(C)c2ccncc2)CCCN1. The second-order valence-corrected chi connectivity index (χ2v) is 5.34. The highest BCUT2D eigenvalue weighted by atomic mass is 16.2.